The maximum atomic E-state index is 12.5. The fraction of sp³-hybridized carbons (Fsp3) is 0.176. The number of nitrogens with zero attached hydrogens (tertiary/aromatic N) is 4. The molecule has 0 unspecified atom stereocenters. The van der Waals surface area contributed by atoms with Crippen LogP contribution in [0, 0.1) is 0 Å². The third-order valence-corrected chi connectivity index (χ3v) is 5.04. The molecule has 0 aliphatic carbocycles. The van der Waals surface area contributed by atoms with Crippen molar-refractivity contribution in [3.63, 3.8) is 0 Å². The van der Waals surface area contributed by atoms with Crippen LogP contribution in [0.25, 0.3) is 5.65 Å². The number of carbonyl (C=O) groups is 2. The van der Waals surface area contributed by atoms with E-state index in [-0.39, 0.29) is 17.4 Å². The second-order valence-corrected chi connectivity index (χ2v) is 6.54. The van der Waals surface area contributed by atoms with Gasteiger partial charge in [0, 0.05) is 24.5 Å². The summed E-state index contributed by atoms with van der Waals surface area (Å²) in [6.45, 7) is 0. The van der Waals surface area contributed by atoms with Gasteiger partial charge in [-0.05, 0) is 35.9 Å². The number of rotatable bonds is 4. The van der Waals surface area contributed by atoms with Crippen molar-refractivity contribution in [3.05, 3.63) is 53.7 Å². The molecule has 0 N–H and O–H groups in total. The van der Waals surface area contributed by atoms with Crippen LogP contribution in [0.2, 0.25) is 0 Å². The Morgan fingerprint density at radius 2 is 2.12 bits per heavy atom. The van der Waals surface area contributed by atoms with Crippen LogP contribution in [0.5, 0.6) is 0 Å². The summed E-state index contributed by atoms with van der Waals surface area (Å²) in [6.07, 6.45) is 2.23. The number of thioether (sulfide) groups is 1. The van der Waals surface area contributed by atoms with E-state index >= 15 is 0 Å². The Kier molecular flexibility index (Phi) is 3.57. The summed E-state index contributed by atoms with van der Waals surface area (Å²) in [6, 6.07) is 11.1. The van der Waals surface area contributed by atoms with Gasteiger partial charge in [0.2, 0.25) is 5.91 Å². The second-order valence-electron chi connectivity index (χ2n) is 5.60. The SMILES string of the molecule is CN1C(=O)Cc2cc(C(=O)CSc3nnc4ccccn34)ccc21. The van der Waals surface area contributed by atoms with E-state index in [1.54, 1.807) is 18.0 Å². The molecule has 6 nitrogen and oxygen atoms in total. The number of anilines is 1. The maximum Gasteiger partial charge on any atom is 0.231 e. The van der Waals surface area contributed by atoms with Crippen LogP contribution in [0.15, 0.2) is 47.8 Å². The summed E-state index contributed by atoms with van der Waals surface area (Å²) >= 11 is 1.36. The van der Waals surface area contributed by atoms with E-state index in [4.69, 9.17) is 0 Å². The second kappa shape index (κ2) is 5.76. The topological polar surface area (TPSA) is 67.6 Å². The molecule has 4 rings (SSSR count). The zero-order valence-corrected chi connectivity index (χ0v) is 13.8. The van der Waals surface area contributed by atoms with Gasteiger partial charge in [-0.3, -0.25) is 14.0 Å². The Hall–Kier alpha value is -2.67. The molecule has 0 atom stereocenters. The molecule has 1 amide bonds. The largest absolute Gasteiger partial charge is 0.315 e. The highest BCUT2D eigenvalue weighted by Crippen LogP contribution is 2.29. The molecular formula is C17H14N4O2S. The van der Waals surface area contributed by atoms with E-state index in [1.165, 1.54) is 11.8 Å². The third kappa shape index (κ3) is 2.46. The molecule has 24 heavy (non-hydrogen) atoms. The number of ketones is 1. The first-order chi connectivity index (χ1) is 11.6. The predicted molar refractivity (Wildman–Crippen MR) is 91.6 cm³/mol. The Balaban J connectivity index is 1.51. The summed E-state index contributed by atoms with van der Waals surface area (Å²) in [4.78, 5) is 25.8. The van der Waals surface area contributed by atoms with E-state index < -0.39 is 0 Å². The summed E-state index contributed by atoms with van der Waals surface area (Å²) < 4.78 is 1.86. The van der Waals surface area contributed by atoms with Crippen molar-refractivity contribution in [1.82, 2.24) is 14.6 Å². The highest BCUT2D eigenvalue weighted by Gasteiger charge is 2.24. The molecule has 1 aromatic carbocycles. The van der Waals surface area contributed by atoms with Crippen LogP contribution in [-0.2, 0) is 11.2 Å². The standard InChI is InChI=1S/C17H14N4O2S/c1-20-13-6-5-11(8-12(13)9-16(20)23)14(22)10-24-17-19-18-15-4-2-3-7-21(15)17/h2-8H,9-10H2,1H3. The zero-order valence-electron chi connectivity index (χ0n) is 13.0. The zero-order chi connectivity index (χ0) is 16.7. The molecule has 3 heterocycles. The quantitative estimate of drug-likeness (QED) is 0.539. The molecule has 2 aromatic heterocycles. The number of benzene rings is 1. The van der Waals surface area contributed by atoms with Crippen LogP contribution >= 0.6 is 11.8 Å². The van der Waals surface area contributed by atoms with Gasteiger partial charge in [0.1, 0.15) is 0 Å². The maximum absolute atomic E-state index is 12.5. The summed E-state index contributed by atoms with van der Waals surface area (Å²) in [7, 11) is 1.75. The van der Waals surface area contributed by atoms with Gasteiger partial charge in [-0.15, -0.1) is 10.2 Å². The van der Waals surface area contributed by atoms with Gasteiger partial charge in [0.05, 0.1) is 12.2 Å². The number of hydrogen-bond acceptors (Lipinski definition) is 5. The first kappa shape index (κ1) is 14.9. The number of aromatic nitrogens is 3. The third-order valence-electron chi connectivity index (χ3n) is 4.09. The summed E-state index contributed by atoms with van der Waals surface area (Å²) in [5, 5.41) is 8.87. The van der Waals surface area contributed by atoms with Crippen LogP contribution in [0.1, 0.15) is 15.9 Å². The number of amides is 1. The molecule has 0 fully saturated rings. The van der Waals surface area contributed by atoms with Crippen molar-refractivity contribution in [2.45, 2.75) is 11.6 Å². The minimum absolute atomic E-state index is 0.0116. The fourth-order valence-electron chi connectivity index (χ4n) is 2.77. The summed E-state index contributed by atoms with van der Waals surface area (Å²) in [5.74, 6) is 0.342. The van der Waals surface area contributed by atoms with E-state index in [2.05, 4.69) is 10.2 Å². The molecule has 1 aliphatic heterocycles. The molecule has 1 aliphatic rings. The molecule has 0 saturated heterocycles. The van der Waals surface area contributed by atoms with E-state index in [0.717, 1.165) is 16.9 Å². The van der Waals surface area contributed by atoms with Crippen LogP contribution in [0.4, 0.5) is 5.69 Å². The first-order valence-electron chi connectivity index (χ1n) is 7.49. The predicted octanol–water partition coefficient (Wildman–Crippen LogP) is 2.22. The minimum Gasteiger partial charge on any atom is -0.315 e. The van der Waals surface area contributed by atoms with Gasteiger partial charge in [0.15, 0.2) is 16.6 Å². The van der Waals surface area contributed by atoms with Gasteiger partial charge in [-0.2, -0.15) is 0 Å². The Bertz CT molecular complexity index is 966. The number of pyridine rings is 1. The van der Waals surface area contributed by atoms with Crippen molar-refractivity contribution < 1.29 is 9.59 Å². The van der Waals surface area contributed by atoms with E-state index in [0.29, 0.717) is 17.1 Å². The van der Waals surface area contributed by atoms with E-state index in [9.17, 15) is 9.59 Å². The number of likely N-dealkylation sites (N-methyl/N-ethyl adjacent to an activating group) is 1. The lowest BCUT2D eigenvalue weighted by Crippen LogP contribution is -2.20. The number of Topliss-reactive ketones (excluding diaryl/α,β-unsaturated/α-hetero) is 1. The lowest BCUT2D eigenvalue weighted by Gasteiger charge is -2.10. The van der Waals surface area contributed by atoms with E-state index in [1.807, 2.05) is 40.9 Å². The monoisotopic (exact) mass is 338 g/mol. The average molecular weight is 338 g/mol. The molecular weight excluding hydrogens is 324 g/mol. The lowest BCUT2D eigenvalue weighted by molar-refractivity contribution is -0.117. The Morgan fingerprint density at radius 3 is 3.00 bits per heavy atom. The lowest BCUT2D eigenvalue weighted by atomic mass is 10.1. The molecule has 0 radical (unpaired) electrons. The minimum atomic E-state index is 0.0116. The van der Waals surface area contributed by atoms with Crippen LogP contribution in [-0.4, -0.2) is 39.1 Å². The average Bonchev–Trinajstić information content (AvgIpc) is 3.14. The first-order valence-corrected chi connectivity index (χ1v) is 8.47. The highest BCUT2D eigenvalue weighted by molar-refractivity contribution is 7.99. The smallest absolute Gasteiger partial charge is 0.231 e. The molecule has 3 aromatic rings. The molecule has 7 heteroatoms. The Labute approximate surface area is 142 Å². The van der Waals surface area contributed by atoms with Crippen molar-refractivity contribution in [1.29, 1.82) is 0 Å². The number of carbonyl (C=O) groups excluding carboxylic acids is 2. The van der Waals surface area contributed by atoms with Crippen molar-refractivity contribution in [2.24, 2.45) is 0 Å². The normalized spacial score (nSPS) is 13.5. The van der Waals surface area contributed by atoms with Crippen molar-refractivity contribution in [3.8, 4) is 0 Å². The van der Waals surface area contributed by atoms with Crippen molar-refractivity contribution in [2.75, 3.05) is 17.7 Å². The number of fused-ring (bicyclic) bond motifs is 2. The van der Waals surface area contributed by atoms with Crippen molar-refractivity contribution >= 4 is 34.8 Å². The van der Waals surface area contributed by atoms with Gasteiger partial charge >= 0.3 is 0 Å². The molecule has 0 bridgehead atoms. The van der Waals surface area contributed by atoms with Crippen LogP contribution in [0.3, 0.4) is 0 Å². The van der Waals surface area contributed by atoms with Gasteiger partial charge in [0.25, 0.3) is 0 Å². The Morgan fingerprint density at radius 1 is 1.25 bits per heavy atom. The summed E-state index contributed by atoms with van der Waals surface area (Å²) in [5.41, 5.74) is 3.17. The highest BCUT2D eigenvalue weighted by atomic mass is 32.2. The molecule has 0 spiro atoms. The fourth-order valence-corrected chi connectivity index (χ4v) is 3.59. The van der Waals surface area contributed by atoms with Gasteiger partial charge in [-0.25, -0.2) is 0 Å². The molecule has 0 saturated carbocycles. The van der Waals surface area contributed by atoms with Crippen LogP contribution < -0.4 is 4.90 Å². The van der Waals surface area contributed by atoms with Gasteiger partial charge < -0.3 is 4.90 Å². The molecule has 120 valence electrons. The van der Waals surface area contributed by atoms with Gasteiger partial charge in [-0.1, -0.05) is 17.8 Å². The number of hydrogen-bond donors (Lipinski definition) is 0.